The van der Waals surface area contributed by atoms with Crippen molar-refractivity contribution in [1.29, 1.82) is 0 Å². The Balaban J connectivity index is 1.53. The van der Waals surface area contributed by atoms with E-state index < -0.39 is 28.9 Å². The molecule has 0 atom stereocenters. The van der Waals surface area contributed by atoms with Crippen molar-refractivity contribution < 1.29 is 18.0 Å². The fraction of sp³-hybridized carbons (Fsp3) is 0.273. The van der Waals surface area contributed by atoms with Crippen molar-refractivity contribution in [3.8, 4) is 0 Å². The number of aryl methyl sites for hydroxylation is 2. The predicted octanol–water partition coefficient (Wildman–Crippen LogP) is 4.23. The van der Waals surface area contributed by atoms with Crippen LogP contribution in [0.15, 0.2) is 36.4 Å². The molecule has 1 amide bonds. The summed E-state index contributed by atoms with van der Waals surface area (Å²) in [6, 6.07) is 9.85. The van der Waals surface area contributed by atoms with Crippen molar-refractivity contribution in [3.63, 3.8) is 0 Å². The standard InChI is InChI=1S/C22H20F3N3O/c1-13-4-3-5-15-14(2)12-18(26-21(13)15)27-8-10-28(11-9-27)22(29)16-6-7-17(23)20(25)19(16)24/h3-7,12H,8-11H2,1-2H3. The van der Waals surface area contributed by atoms with Gasteiger partial charge in [0.05, 0.1) is 11.1 Å². The van der Waals surface area contributed by atoms with Gasteiger partial charge in [-0.1, -0.05) is 18.2 Å². The van der Waals surface area contributed by atoms with Crippen LogP contribution in [0.5, 0.6) is 0 Å². The average Bonchev–Trinajstić information content (AvgIpc) is 2.72. The van der Waals surface area contributed by atoms with E-state index in [2.05, 4.69) is 4.90 Å². The van der Waals surface area contributed by atoms with E-state index in [1.807, 2.05) is 38.1 Å². The maximum Gasteiger partial charge on any atom is 0.257 e. The van der Waals surface area contributed by atoms with Gasteiger partial charge in [0, 0.05) is 31.6 Å². The van der Waals surface area contributed by atoms with E-state index in [9.17, 15) is 18.0 Å². The summed E-state index contributed by atoms with van der Waals surface area (Å²) in [5.74, 6) is -4.19. The first-order valence-electron chi connectivity index (χ1n) is 9.41. The first-order valence-corrected chi connectivity index (χ1v) is 9.41. The Bertz CT molecular complexity index is 1110. The number of rotatable bonds is 2. The van der Waals surface area contributed by atoms with E-state index in [0.29, 0.717) is 26.2 Å². The molecule has 1 aliphatic rings. The van der Waals surface area contributed by atoms with Crippen molar-refractivity contribution >= 4 is 22.6 Å². The third kappa shape index (κ3) is 3.41. The van der Waals surface area contributed by atoms with Crippen LogP contribution in [0.1, 0.15) is 21.5 Å². The normalized spacial score (nSPS) is 14.5. The summed E-state index contributed by atoms with van der Waals surface area (Å²) in [6.07, 6.45) is 0. The molecule has 7 heteroatoms. The molecular weight excluding hydrogens is 379 g/mol. The fourth-order valence-electron chi connectivity index (χ4n) is 3.71. The number of benzene rings is 2. The highest BCUT2D eigenvalue weighted by Crippen LogP contribution is 2.26. The number of para-hydroxylation sites is 1. The Labute approximate surface area is 166 Å². The van der Waals surface area contributed by atoms with Crippen molar-refractivity contribution in [3.05, 3.63) is 70.5 Å². The Morgan fingerprint density at radius 1 is 0.931 bits per heavy atom. The van der Waals surface area contributed by atoms with Gasteiger partial charge in [-0.25, -0.2) is 18.2 Å². The second-order valence-corrected chi connectivity index (χ2v) is 7.27. The van der Waals surface area contributed by atoms with E-state index in [4.69, 9.17) is 4.98 Å². The summed E-state index contributed by atoms with van der Waals surface area (Å²) in [5.41, 5.74) is 2.71. The highest BCUT2D eigenvalue weighted by molar-refractivity contribution is 5.94. The molecule has 0 aliphatic carbocycles. The molecule has 1 aromatic heterocycles. The molecule has 29 heavy (non-hydrogen) atoms. The Morgan fingerprint density at radius 3 is 2.38 bits per heavy atom. The largest absolute Gasteiger partial charge is 0.353 e. The van der Waals surface area contributed by atoms with Crippen molar-refractivity contribution in [2.45, 2.75) is 13.8 Å². The van der Waals surface area contributed by atoms with Crippen LogP contribution in [-0.2, 0) is 0 Å². The van der Waals surface area contributed by atoms with Gasteiger partial charge < -0.3 is 9.80 Å². The lowest BCUT2D eigenvalue weighted by molar-refractivity contribution is 0.0740. The van der Waals surface area contributed by atoms with Crippen LogP contribution in [0.3, 0.4) is 0 Å². The number of carbonyl (C=O) groups excluding carboxylic acids is 1. The zero-order valence-electron chi connectivity index (χ0n) is 16.2. The quantitative estimate of drug-likeness (QED) is 0.605. The number of aromatic nitrogens is 1. The third-order valence-corrected chi connectivity index (χ3v) is 5.39. The van der Waals surface area contributed by atoms with Gasteiger partial charge in [0.2, 0.25) is 0 Å². The van der Waals surface area contributed by atoms with E-state index in [0.717, 1.165) is 40.0 Å². The van der Waals surface area contributed by atoms with Crippen molar-refractivity contribution in [1.82, 2.24) is 9.88 Å². The number of hydrogen-bond acceptors (Lipinski definition) is 3. The Hall–Kier alpha value is -3.09. The molecule has 2 aromatic carbocycles. The topological polar surface area (TPSA) is 36.4 Å². The van der Waals surface area contributed by atoms with E-state index in [-0.39, 0.29) is 0 Å². The Kier molecular flexibility index (Phi) is 4.90. The van der Waals surface area contributed by atoms with Crippen LogP contribution in [0, 0.1) is 31.3 Å². The number of amides is 1. The minimum absolute atomic E-state index is 0.337. The zero-order valence-corrected chi connectivity index (χ0v) is 16.2. The summed E-state index contributed by atoms with van der Waals surface area (Å²) in [6.45, 7) is 5.76. The first kappa shape index (κ1) is 19.2. The number of nitrogens with zero attached hydrogens (tertiary/aromatic N) is 3. The number of piperazine rings is 1. The summed E-state index contributed by atoms with van der Waals surface area (Å²) >= 11 is 0. The molecule has 0 spiro atoms. The maximum atomic E-state index is 14.0. The molecule has 0 N–H and O–H groups in total. The maximum absolute atomic E-state index is 14.0. The van der Waals surface area contributed by atoms with E-state index >= 15 is 0 Å². The number of fused-ring (bicyclic) bond motifs is 1. The molecule has 1 fully saturated rings. The van der Waals surface area contributed by atoms with E-state index in [1.165, 1.54) is 4.90 Å². The van der Waals surface area contributed by atoms with Crippen LogP contribution < -0.4 is 4.90 Å². The molecule has 2 heterocycles. The van der Waals surface area contributed by atoms with Gasteiger partial charge in [0.15, 0.2) is 17.5 Å². The molecule has 0 radical (unpaired) electrons. The molecule has 1 saturated heterocycles. The van der Waals surface area contributed by atoms with Gasteiger partial charge in [-0.05, 0) is 43.2 Å². The van der Waals surface area contributed by atoms with Crippen LogP contribution in [0.25, 0.3) is 10.9 Å². The molecule has 3 aromatic rings. The lowest BCUT2D eigenvalue weighted by atomic mass is 10.1. The van der Waals surface area contributed by atoms with E-state index in [1.54, 1.807) is 0 Å². The molecular formula is C22H20F3N3O. The molecule has 1 aliphatic heterocycles. The van der Waals surface area contributed by atoms with Gasteiger partial charge in [0.25, 0.3) is 5.91 Å². The minimum atomic E-state index is -1.62. The van der Waals surface area contributed by atoms with Gasteiger partial charge in [-0.2, -0.15) is 0 Å². The van der Waals surface area contributed by atoms with Crippen molar-refractivity contribution in [2.75, 3.05) is 31.1 Å². The summed E-state index contributed by atoms with van der Waals surface area (Å²) in [5, 5.41) is 1.11. The Morgan fingerprint density at radius 2 is 1.66 bits per heavy atom. The van der Waals surface area contributed by atoms with Gasteiger partial charge in [0.1, 0.15) is 5.82 Å². The number of hydrogen-bond donors (Lipinski definition) is 0. The predicted molar refractivity (Wildman–Crippen MR) is 106 cm³/mol. The SMILES string of the molecule is Cc1cc(N2CCN(C(=O)c3ccc(F)c(F)c3F)CC2)nc2c(C)cccc12. The second-order valence-electron chi connectivity index (χ2n) is 7.27. The summed E-state index contributed by atoms with van der Waals surface area (Å²) in [4.78, 5) is 20.9. The summed E-state index contributed by atoms with van der Waals surface area (Å²) < 4.78 is 40.5. The number of anilines is 1. The average molecular weight is 399 g/mol. The van der Waals surface area contributed by atoms with Gasteiger partial charge in [-0.3, -0.25) is 4.79 Å². The number of carbonyl (C=O) groups is 1. The number of halogens is 3. The van der Waals surface area contributed by atoms with Crippen LogP contribution >= 0.6 is 0 Å². The highest BCUT2D eigenvalue weighted by atomic mass is 19.2. The number of pyridine rings is 1. The van der Waals surface area contributed by atoms with Crippen LogP contribution in [0.4, 0.5) is 19.0 Å². The van der Waals surface area contributed by atoms with Gasteiger partial charge in [-0.15, -0.1) is 0 Å². The zero-order chi connectivity index (χ0) is 20.7. The third-order valence-electron chi connectivity index (χ3n) is 5.39. The second kappa shape index (κ2) is 7.39. The van der Waals surface area contributed by atoms with Crippen molar-refractivity contribution in [2.24, 2.45) is 0 Å². The molecule has 150 valence electrons. The van der Waals surface area contributed by atoms with Crippen LogP contribution in [0.2, 0.25) is 0 Å². The van der Waals surface area contributed by atoms with Gasteiger partial charge >= 0.3 is 0 Å². The molecule has 4 nitrogen and oxygen atoms in total. The fourth-order valence-corrected chi connectivity index (χ4v) is 3.71. The summed E-state index contributed by atoms with van der Waals surface area (Å²) in [7, 11) is 0. The molecule has 4 rings (SSSR count). The molecule has 0 bridgehead atoms. The monoisotopic (exact) mass is 399 g/mol. The van der Waals surface area contributed by atoms with Crippen LogP contribution in [-0.4, -0.2) is 42.0 Å². The smallest absolute Gasteiger partial charge is 0.257 e. The lowest BCUT2D eigenvalue weighted by Gasteiger charge is -2.35. The minimum Gasteiger partial charge on any atom is -0.353 e. The molecule has 0 unspecified atom stereocenters. The lowest BCUT2D eigenvalue weighted by Crippen LogP contribution is -2.49. The molecule has 0 saturated carbocycles. The first-order chi connectivity index (χ1) is 13.9. The highest BCUT2D eigenvalue weighted by Gasteiger charge is 2.27.